The third-order valence-corrected chi connectivity index (χ3v) is 8.45. The first kappa shape index (κ1) is 22.8. The number of carbonyl (C=O) groups is 1. The number of aromatic nitrogens is 2. The molecule has 0 radical (unpaired) electrons. The third-order valence-electron chi connectivity index (χ3n) is 7.26. The number of hydrogen-bond donors (Lipinski definition) is 0. The lowest BCUT2D eigenvalue weighted by Crippen LogP contribution is -2.49. The number of aryl methyl sites for hydroxylation is 2. The standard InChI is InChI=1S/C26H30FN5O2S/c27-19-6-4-18(5-7-19)16-23(33)31-8-10-32(11-9-31)25-24-20-2-1-3-21(20)35-26(24)29-22(28-25)17-30-12-14-34-15-13-30/h4-7H,1-3,8-17H2. The predicted octanol–water partition coefficient (Wildman–Crippen LogP) is 3.04. The topological polar surface area (TPSA) is 61.8 Å². The van der Waals surface area contributed by atoms with Crippen LogP contribution in [0.2, 0.25) is 0 Å². The van der Waals surface area contributed by atoms with Gasteiger partial charge in [0.1, 0.15) is 22.3 Å². The second-order valence-electron chi connectivity index (χ2n) is 9.56. The summed E-state index contributed by atoms with van der Waals surface area (Å²) in [5.74, 6) is 1.74. The molecule has 2 saturated heterocycles. The van der Waals surface area contributed by atoms with Crippen molar-refractivity contribution >= 4 is 33.3 Å². The number of anilines is 1. The zero-order valence-corrected chi connectivity index (χ0v) is 20.7. The minimum absolute atomic E-state index is 0.0912. The molecule has 0 atom stereocenters. The SMILES string of the molecule is O=C(Cc1ccc(F)cc1)N1CCN(c2nc(CN3CCOCC3)nc3sc4c(c23)CCC4)CC1. The van der Waals surface area contributed by atoms with Crippen LogP contribution in [0, 0.1) is 5.82 Å². The van der Waals surface area contributed by atoms with E-state index in [1.807, 2.05) is 16.2 Å². The molecule has 2 aliphatic heterocycles. The highest BCUT2D eigenvalue weighted by molar-refractivity contribution is 7.19. The summed E-state index contributed by atoms with van der Waals surface area (Å²) in [6.07, 6.45) is 3.75. The fraction of sp³-hybridized carbons (Fsp3) is 0.500. The smallest absolute Gasteiger partial charge is 0.227 e. The molecule has 0 unspecified atom stereocenters. The summed E-state index contributed by atoms with van der Waals surface area (Å²) in [6.45, 7) is 6.91. The van der Waals surface area contributed by atoms with Gasteiger partial charge in [-0.15, -0.1) is 11.3 Å². The average molecular weight is 496 g/mol. The maximum Gasteiger partial charge on any atom is 0.227 e. The highest BCUT2D eigenvalue weighted by Crippen LogP contribution is 2.41. The van der Waals surface area contributed by atoms with Crippen LogP contribution >= 0.6 is 11.3 Å². The molecule has 1 amide bonds. The van der Waals surface area contributed by atoms with E-state index in [0.29, 0.717) is 19.5 Å². The third kappa shape index (κ3) is 4.77. The van der Waals surface area contributed by atoms with Crippen LogP contribution in [0.4, 0.5) is 10.2 Å². The van der Waals surface area contributed by atoms with E-state index >= 15 is 0 Å². The molecular weight excluding hydrogens is 465 g/mol. The zero-order valence-electron chi connectivity index (χ0n) is 19.8. The number of amides is 1. The lowest BCUT2D eigenvalue weighted by molar-refractivity contribution is -0.130. The van der Waals surface area contributed by atoms with Gasteiger partial charge in [-0.1, -0.05) is 12.1 Å². The monoisotopic (exact) mass is 495 g/mol. The van der Waals surface area contributed by atoms with Crippen LogP contribution in [0.25, 0.3) is 10.2 Å². The molecule has 1 aliphatic carbocycles. The molecule has 6 rings (SSSR count). The second kappa shape index (κ2) is 9.79. The van der Waals surface area contributed by atoms with Crippen molar-refractivity contribution in [1.82, 2.24) is 19.8 Å². The average Bonchev–Trinajstić information content (AvgIpc) is 3.47. The quantitative estimate of drug-likeness (QED) is 0.542. The van der Waals surface area contributed by atoms with Crippen molar-refractivity contribution < 1.29 is 13.9 Å². The van der Waals surface area contributed by atoms with Gasteiger partial charge >= 0.3 is 0 Å². The molecule has 35 heavy (non-hydrogen) atoms. The molecule has 0 saturated carbocycles. The molecule has 7 nitrogen and oxygen atoms in total. The number of ether oxygens (including phenoxy) is 1. The van der Waals surface area contributed by atoms with E-state index in [4.69, 9.17) is 14.7 Å². The number of rotatable bonds is 5. The minimum atomic E-state index is -0.279. The molecule has 2 fully saturated rings. The Morgan fingerprint density at radius 3 is 2.54 bits per heavy atom. The van der Waals surface area contributed by atoms with Crippen LogP contribution in [0.3, 0.4) is 0 Å². The number of hydrogen-bond acceptors (Lipinski definition) is 7. The predicted molar refractivity (Wildman–Crippen MR) is 134 cm³/mol. The Bertz CT molecular complexity index is 1220. The molecule has 4 heterocycles. The Labute approximate surface area is 208 Å². The van der Waals surface area contributed by atoms with Crippen molar-refractivity contribution in [1.29, 1.82) is 0 Å². The Hall–Kier alpha value is -2.62. The molecule has 9 heteroatoms. The van der Waals surface area contributed by atoms with Gasteiger partial charge in [0.15, 0.2) is 0 Å². The van der Waals surface area contributed by atoms with Crippen LogP contribution in [0.5, 0.6) is 0 Å². The van der Waals surface area contributed by atoms with E-state index in [1.165, 1.54) is 34.4 Å². The lowest BCUT2D eigenvalue weighted by atomic mass is 10.1. The van der Waals surface area contributed by atoms with Crippen molar-refractivity contribution in [2.45, 2.75) is 32.2 Å². The Balaban J connectivity index is 1.21. The largest absolute Gasteiger partial charge is 0.379 e. The van der Waals surface area contributed by atoms with Gasteiger partial charge in [-0.3, -0.25) is 9.69 Å². The number of benzene rings is 1. The first-order valence-electron chi connectivity index (χ1n) is 12.5. The summed E-state index contributed by atoms with van der Waals surface area (Å²) in [4.78, 5) is 32.2. The van der Waals surface area contributed by atoms with Crippen LogP contribution in [0.15, 0.2) is 24.3 Å². The van der Waals surface area contributed by atoms with Crippen LogP contribution < -0.4 is 4.90 Å². The molecule has 0 spiro atoms. The summed E-state index contributed by atoms with van der Waals surface area (Å²) in [5.41, 5.74) is 2.28. The fourth-order valence-electron chi connectivity index (χ4n) is 5.33. The van der Waals surface area contributed by atoms with E-state index in [0.717, 1.165) is 80.8 Å². The van der Waals surface area contributed by atoms with Crippen molar-refractivity contribution in [3.05, 3.63) is 51.9 Å². The normalized spacial score (nSPS) is 18.9. The lowest BCUT2D eigenvalue weighted by Gasteiger charge is -2.36. The molecule has 184 valence electrons. The van der Waals surface area contributed by atoms with Gasteiger partial charge in [0.05, 0.1) is 31.6 Å². The van der Waals surface area contributed by atoms with E-state index in [2.05, 4.69) is 9.80 Å². The maximum absolute atomic E-state index is 13.2. The van der Waals surface area contributed by atoms with Gasteiger partial charge < -0.3 is 14.5 Å². The highest BCUT2D eigenvalue weighted by Gasteiger charge is 2.28. The molecule has 0 N–H and O–H groups in total. The first-order valence-corrected chi connectivity index (χ1v) is 13.3. The van der Waals surface area contributed by atoms with E-state index in [-0.39, 0.29) is 11.7 Å². The summed E-state index contributed by atoms with van der Waals surface area (Å²) < 4.78 is 18.7. The number of morpholine rings is 1. The van der Waals surface area contributed by atoms with Crippen LogP contribution in [-0.2, 0) is 35.3 Å². The van der Waals surface area contributed by atoms with Gasteiger partial charge in [0.2, 0.25) is 5.91 Å². The number of thiophene rings is 1. The highest BCUT2D eigenvalue weighted by atomic mass is 32.1. The Morgan fingerprint density at radius 1 is 1.00 bits per heavy atom. The van der Waals surface area contributed by atoms with Crippen molar-refractivity contribution in [2.75, 3.05) is 57.4 Å². The summed E-state index contributed by atoms with van der Waals surface area (Å²) in [5, 5.41) is 1.24. The van der Waals surface area contributed by atoms with E-state index < -0.39 is 0 Å². The molecular formula is C26H30FN5O2S. The van der Waals surface area contributed by atoms with Crippen LogP contribution in [0.1, 0.15) is 28.2 Å². The van der Waals surface area contributed by atoms with Crippen molar-refractivity contribution in [3.63, 3.8) is 0 Å². The van der Waals surface area contributed by atoms with Gasteiger partial charge in [-0.25, -0.2) is 14.4 Å². The molecule has 1 aromatic carbocycles. The fourth-order valence-corrected chi connectivity index (χ4v) is 6.61. The van der Waals surface area contributed by atoms with Gasteiger partial charge in [-0.2, -0.15) is 0 Å². The van der Waals surface area contributed by atoms with Gasteiger partial charge in [0.25, 0.3) is 0 Å². The Morgan fingerprint density at radius 2 is 1.77 bits per heavy atom. The second-order valence-corrected chi connectivity index (χ2v) is 10.6. The van der Waals surface area contributed by atoms with Gasteiger partial charge in [-0.05, 0) is 42.5 Å². The summed E-state index contributed by atoms with van der Waals surface area (Å²) in [6, 6.07) is 6.20. The molecule has 3 aliphatic rings. The first-order chi connectivity index (χ1) is 17.1. The number of piperazine rings is 1. The number of fused-ring (bicyclic) bond motifs is 3. The molecule has 0 bridgehead atoms. The van der Waals surface area contributed by atoms with Crippen molar-refractivity contribution in [3.8, 4) is 0 Å². The maximum atomic E-state index is 13.2. The number of nitrogens with zero attached hydrogens (tertiary/aromatic N) is 5. The van der Waals surface area contributed by atoms with Crippen LogP contribution in [-0.4, -0.2) is 78.2 Å². The number of carbonyl (C=O) groups excluding carboxylic acids is 1. The van der Waals surface area contributed by atoms with E-state index in [1.54, 1.807) is 12.1 Å². The Kier molecular flexibility index (Phi) is 6.39. The molecule has 3 aromatic rings. The zero-order chi connectivity index (χ0) is 23.8. The summed E-state index contributed by atoms with van der Waals surface area (Å²) >= 11 is 1.84. The van der Waals surface area contributed by atoms with E-state index in [9.17, 15) is 9.18 Å². The minimum Gasteiger partial charge on any atom is -0.379 e. The summed E-state index contributed by atoms with van der Waals surface area (Å²) in [7, 11) is 0. The number of halogens is 1. The van der Waals surface area contributed by atoms with Gasteiger partial charge in [0, 0.05) is 44.1 Å². The van der Waals surface area contributed by atoms with Crippen molar-refractivity contribution in [2.24, 2.45) is 0 Å². The molecule has 2 aromatic heterocycles.